The van der Waals surface area contributed by atoms with Gasteiger partial charge >= 0.3 is 5.97 Å². The number of aromatic nitrogens is 1. The van der Waals surface area contributed by atoms with Crippen molar-refractivity contribution in [2.45, 2.75) is 13.5 Å². The summed E-state index contributed by atoms with van der Waals surface area (Å²) in [7, 11) is 0. The molecule has 2 aromatic carbocycles. The molecule has 1 heterocycles. The molecule has 0 fully saturated rings. The first kappa shape index (κ1) is 23.1. The minimum absolute atomic E-state index is 0.0469. The lowest BCUT2D eigenvalue weighted by Gasteiger charge is -2.10. The number of benzene rings is 2. The van der Waals surface area contributed by atoms with Crippen LogP contribution in [0.3, 0.4) is 0 Å². The van der Waals surface area contributed by atoms with E-state index in [-0.39, 0.29) is 30.2 Å². The Morgan fingerprint density at radius 1 is 0.970 bits per heavy atom. The fourth-order valence-electron chi connectivity index (χ4n) is 2.93. The third-order valence-electron chi connectivity index (χ3n) is 4.48. The smallest absolute Gasteiger partial charge is 0.338 e. The summed E-state index contributed by atoms with van der Waals surface area (Å²) >= 11 is 0. The van der Waals surface area contributed by atoms with Crippen LogP contribution >= 0.6 is 0 Å². The molecule has 3 rings (SSSR count). The Balaban J connectivity index is 1.70. The van der Waals surface area contributed by atoms with E-state index in [1.54, 1.807) is 43.3 Å². The van der Waals surface area contributed by atoms with Gasteiger partial charge in [0.1, 0.15) is 0 Å². The van der Waals surface area contributed by atoms with Gasteiger partial charge in [-0.1, -0.05) is 12.1 Å². The lowest BCUT2D eigenvalue weighted by molar-refractivity contribution is -0.384. The van der Waals surface area contributed by atoms with Gasteiger partial charge in [0.05, 0.1) is 17.1 Å². The maximum atomic E-state index is 12.6. The summed E-state index contributed by atoms with van der Waals surface area (Å²) in [6, 6.07) is 13.4. The number of nitrogens with one attached hydrogen (secondary N) is 2. The van der Waals surface area contributed by atoms with Crippen LogP contribution in [0, 0.1) is 10.1 Å². The number of hydrogen-bond acceptors (Lipinski definition) is 7. The number of carbonyl (C=O) groups excluding carboxylic acids is 3. The molecular formula is C23H20N4O6. The fraction of sp³-hybridized carbons (Fsp3) is 0.130. The lowest BCUT2D eigenvalue weighted by Crippen LogP contribution is -2.23. The van der Waals surface area contributed by atoms with Gasteiger partial charge in [0.2, 0.25) is 0 Å². The number of pyridine rings is 1. The van der Waals surface area contributed by atoms with Gasteiger partial charge in [0, 0.05) is 47.9 Å². The number of carbonyl (C=O) groups is 3. The summed E-state index contributed by atoms with van der Waals surface area (Å²) in [4.78, 5) is 51.3. The normalized spacial score (nSPS) is 10.2. The second-order valence-electron chi connectivity index (χ2n) is 6.82. The van der Waals surface area contributed by atoms with Crippen LogP contribution in [0.5, 0.6) is 0 Å². The molecule has 0 atom stereocenters. The van der Waals surface area contributed by atoms with Crippen LogP contribution in [0.25, 0.3) is 0 Å². The first-order valence-corrected chi connectivity index (χ1v) is 9.92. The highest BCUT2D eigenvalue weighted by atomic mass is 16.6. The second-order valence-corrected chi connectivity index (χ2v) is 6.82. The highest BCUT2D eigenvalue weighted by Gasteiger charge is 2.18. The van der Waals surface area contributed by atoms with Gasteiger partial charge in [-0.3, -0.25) is 24.7 Å². The van der Waals surface area contributed by atoms with E-state index < -0.39 is 22.5 Å². The largest absolute Gasteiger partial charge is 0.462 e. The van der Waals surface area contributed by atoms with Gasteiger partial charge < -0.3 is 15.4 Å². The molecule has 0 aliphatic heterocycles. The van der Waals surface area contributed by atoms with Crippen LogP contribution in [-0.4, -0.2) is 34.3 Å². The molecule has 2 N–H and O–H groups in total. The van der Waals surface area contributed by atoms with E-state index in [9.17, 15) is 24.5 Å². The highest BCUT2D eigenvalue weighted by molar-refractivity contribution is 6.04. The van der Waals surface area contributed by atoms with Crippen molar-refractivity contribution in [1.29, 1.82) is 0 Å². The number of anilines is 1. The monoisotopic (exact) mass is 448 g/mol. The van der Waals surface area contributed by atoms with Crippen molar-refractivity contribution in [3.05, 3.63) is 99.4 Å². The van der Waals surface area contributed by atoms with Crippen molar-refractivity contribution in [2.75, 3.05) is 11.9 Å². The number of non-ortho nitro benzene ring substituents is 1. The van der Waals surface area contributed by atoms with E-state index >= 15 is 0 Å². The number of nitrogens with zero attached hydrogens (tertiary/aromatic N) is 2. The van der Waals surface area contributed by atoms with E-state index in [1.807, 2.05) is 0 Å². The number of nitro groups is 1. The van der Waals surface area contributed by atoms with E-state index in [2.05, 4.69) is 15.6 Å². The number of nitro benzene ring substituents is 1. The van der Waals surface area contributed by atoms with Gasteiger partial charge in [-0.25, -0.2) is 4.79 Å². The van der Waals surface area contributed by atoms with Gasteiger partial charge in [0.25, 0.3) is 17.5 Å². The van der Waals surface area contributed by atoms with Crippen molar-refractivity contribution >= 4 is 29.2 Å². The van der Waals surface area contributed by atoms with Crippen molar-refractivity contribution < 1.29 is 24.0 Å². The molecule has 10 heteroatoms. The predicted octanol–water partition coefficient (Wildman–Crippen LogP) is 3.35. The number of esters is 1. The molecule has 0 bridgehead atoms. The zero-order chi connectivity index (χ0) is 23.8. The van der Waals surface area contributed by atoms with Crippen molar-refractivity contribution in [3.63, 3.8) is 0 Å². The minimum atomic E-state index is -0.757. The first-order valence-electron chi connectivity index (χ1n) is 9.92. The van der Waals surface area contributed by atoms with Crippen molar-refractivity contribution in [3.8, 4) is 0 Å². The van der Waals surface area contributed by atoms with Crippen LogP contribution in [0.1, 0.15) is 43.6 Å². The molecule has 0 spiro atoms. The number of amides is 2. The molecule has 0 unspecified atom stereocenters. The van der Waals surface area contributed by atoms with Crippen LogP contribution in [0.15, 0.2) is 67.0 Å². The summed E-state index contributed by atoms with van der Waals surface area (Å²) < 4.78 is 4.87. The zero-order valence-corrected chi connectivity index (χ0v) is 17.6. The van der Waals surface area contributed by atoms with Crippen LogP contribution in [-0.2, 0) is 11.3 Å². The van der Waals surface area contributed by atoms with E-state index in [0.29, 0.717) is 16.8 Å². The average Bonchev–Trinajstić information content (AvgIpc) is 2.83. The molecular weight excluding hydrogens is 428 g/mol. The number of rotatable bonds is 8. The summed E-state index contributed by atoms with van der Waals surface area (Å²) in [5.74, 6) is -1.66. The van der Waals surface area contributed by atoms with Crippen LogP contribution in [0.2, 0.25) is 0 Å². The Labute approximate surface area is 188 Å². The molecule has 0 aliphatic rings. The average molecular weight is 448 g/mol. The summed E-state index contributed by atoms with van der Waals surface area (Å²) in [5.41, 5.74) is 1.14. The van der Waals surface area contributed by atoms with E-state index in [1.165, 1.54) is 18.5 Å². The summed E-state index contributed by atoms with van der Waals surface area (Å²) in [5, 5.41) is 16.6. The number of ether oxygens (including phenoxy) is 1. The Morgan fingerprint density at radius 3 is 2.39 bits per heavy atom. The Hall–Kier alpha value is -4.60. The number of hydrogen-bond donors (Lipinski definition) is 2. The predicted molar refractivity (Wildman–Crippen MR) is 119 cm³/mol. The lowest BCUT2D eigenvalue weighted by atomic mass is 10.1. The van der Waals surface area contributed by atoms with Gasteiger partial charge in [-0.2, -0.15) is 0 Å². The molecule has 0 saturated carbocycles. The Kier molecular flexibility index (Phi) is 7.43. The van der Waals surface area contributed by atoms with Gasteiger partial charge in [0.15, 0.2) is 0 Å². The minimum Gasteiger partial charge on any atom is -0.462 e. The molecule has 168 valence electrons. The molecule has 3 aromatic rings. The van der Waals surface area contributed by atoms with Gasteiger partial charge in [-0.05, 0) is 42.8 Å². The third kappa shape index (κ3) is 6.20. The molecule has 2 amide bonds. The molecule has 1 aromatic heterocycles. The molecule has 0 aliphatic carbocycles. The highest BCUT2D eigenvalue weighted by Crippen LogP contribution is 2.19. The third-order valence-corrected chi connectivity index (χ3v) is 4.48. The zero-order valence-electron chi connectivity index (χ0n) is 17.6. The van der Waals surface area contributed by atoms with Crippen molar-refractivity contribution in [1.82, 2.24) is 10.3 Å². The summed E-state index contributed by atoms with van der Waals surface area (Å²) in [6.07, 6.45) is 3.03. The SMILES string of the molecule is CCOC(=O)c1cc(C(=O)NCc2cccc(NC(=O)c3ccncc3)c2)cc([N+](=O)[O-])c1. The first-order chi connectivity index (χ1) is 15.9. The molecule has 33 heavy (non-hydrogen) atoms. The maximum absolute atomic E-state index is 12.6. The molecule has 10 nitrogen and oxygen atoms in total. The molecule has 0 radical (unpaired) electrons. The quantitative estimate of drug-likeness (QED) is 0.306. The van der Waals surface area contributed by atoms with Crippen molar-refractivity contribution in [2.24, 2.45) is 0 Å². The Morgan fingerprint density at radius 2 is 1.70 bits per heavy atom. The molecule has 0 saturated heterocycles. The maximum Gasteiger partial charge on any atom is 0.338 e. The van der Waals surface area contributed by atoms with E-state index in [0.717, 1.165) is 12.1 Å². The van der Waals surface area contributed by atoms with Gasteiger partial charge in [-0.15, -0.1) is 0 Å². The van der Waals surface area contributed by atoms with E-state index in [4.69, 9.17) is 4.74 Å². The topological polar surface area (TPSA) is 141 Å². The second kappa shape index (κ2) is 10.6. The van der Waals surface area contributed by atoms with Crippen LogP contribution in [0.4, 0.5) is 11.4 Å². The standard InChI is InChI=1S/C23H20N4O6/c1-2-33-23(30)18-11-17(12-20(13-18)27(31)32)21(28)25-14-15-4-3-5-19(10-15)26-22(29)16-6-8-24-9-7-16/h3-13H,2,14H2,1H3,(H,25,28)(H,26,29). The summed E-state index contributed by atoms with van der Waals surface area (Å²) in [6.45, 7) is 1.79. The fourth-order valence-corrected chi connectivity index (χ4v) is 2.93. The Bertz CT molecular complexity index is 1200. The van der Waals surface area contributed by atoms with Crippen LogP contribution < -0.4 is 10.6 Å².